The van der Waals surface area contributed by atoms with Gasteiger partial charge >= 0.3 is 6.18 Å². The number of aromatic nitrogens is 5. The first-order valence-corrected chi connectivity index (χ1v) is 9.35. The Morgan fingerprint density at radius 3 is 2.61 bits per heavy atom. The number of nitrogens with one attached hydrogen (secondary N) is 1. The molecule has 158 valence electrons. The van der Waals surface area contributed by atoms with Gasteiger partial charge in [-0.2, -0.15) is 13.2 Å². The van der Waals surface area contributed by atoms with Crippen molar-refractivity contribution in [1.82, 2.24) is 24.9 Å². The lowest BCUT2D eigenvalue weighted by molar-refractivity contribution is -0.137. The molecule has 4 aromatic rings. The molecule has 0 amide bonds. The summed E-state index contributed by atoms with van der Waals surface area (Å²) >= 11 is 0. The van der Waals surface area contributed by atoms with E-state index < -0.39 is 17.3 Å². The highest BCUT2D eigenvalue weighted by atomic mass is 19.4. The Bertz CT molecular complexity index is 1260. The van der Waals surface area contributed by atoms with E-state index >= 15 is 0 Å². The third-order valence-electron chi connectivity index (χ3n) is 4.51. The molecule has 0 unspecified atom stereocenters. The Morgan fingerprint density at radius 1 is 1.03 bits per heavy atom. The summed E-state index contributed by atoms with van der Waals surface area (Å²) < 4.78 is 44.4. The van der Waals surface area contributed by atoms with Crippen molar-refractivity contribution in [1.29, 1.82) is 0 Å². The summed E-state index contributed by atoms with van der Waals surface area (Å²) in [5.41, 5.74) is -0.133. The van der Waals surface area contributed by atoms with Crippen molar-refractivity contribution in [2.24, 2.45) is 0 Å². The Labute approximate surface area is 174 Å². The van der Waals surface area contributed by atoms with E-state index in [4.69, 9.17) is 4.74 Å². The zero-order valence-corrected chi connectivity index (χ0v) is 16.1. The lowest BCUT2D eigenvalue weighted by atomic mass is 10.1. The molecule has 0 saturated carbocycles. The molecule has 1 N–H and O–H groups in total. The van der Waals surface area contributed by atoms with Gasteiger partial charge in [0.05, 0.1) is 29.3 Å². The Hall–Kier alpha value is -3.82. The highest BCUT2D eigenvalue weighted by molar-refractivity contribution is 5.79. The molecular formula is C21H16F3N5O2. The van der Waals surface area contributed by atoms with Crippen LogP contribution in [0.15, 0.2) is 59.9 Å². The van der Waals surface area contributed by atoms with Crippen LogP contribution in [0.4, 0.5) is 13.2 Å². The molecule has 0 saturated heterocycles. The number of nitrogens with zero attached hydrogens (tertiary/aromatic N) is 4. The van der Waals surface area contributed by atoms with E-state index in [-0.39, 0.29) is 28.3 Å². The summed E-state index contributed by atoms with van der Waals surface area (Å²) in [6.07, 6.45) is 2.85. The van der Waals surface area contributed by atoms with Gasteiger partial charge in [0.1, 0.15) is 5.69 Å². The van der Waals surface area contributed by atoms with Gasteiger partial charge in [0, 0.05) is 24.7 Å². The van der Waals surface area contributed by atoms with Crippen LogP contribution < -0.4 is 10.3 Å². The second-order valence-corrected chi connectivity index (χ2v) is 6.69. The SMILES string of the molecule is O=c1[nH]c(-c2cc(C(F)(F)F)ccn2)nc2cnc(OCCCc3ccncc3)cc12. The van der Waals surface area contributed by atoms with Gasteiger partial charge in [0.25, 0.3) is 5.56 Å². The topological polar surface area (TPSA) is 93.7 Å². The van der Waals surface area contributed by atoms with Gasteiger partial charge in [-0.1, -0.05) is 0 Å². The van der Waals surface area contributed by atoms with Gasteiger partial charge in [-0.3, -0.25) is 14.8 Å². The van der Waals surface area contributed by atoms with E-state index in [1.54, 1.807) is 12.4 Å². The molecule has 4 rings (SSSR count). The van der Waals surface area contributed by atoms with E-state index in [1.165, 1.54) is 12.3 Å². The fourth-order valence-electron chi connectivity index (χ4n) is 2.96. The number of halogens is 3. The molecule has 0 radical (unpaired) electrons. The fraction of sp³-hybridized carbons (Fsp3) is 0.190. The second-order valence-electron chi connectivity index (χ2n) is 6.69. The van der Waals surface area contributed by atoms with Crippen LogP contribution in [0.5, 0.6) is 5.88 Å². The van der Waals surface area contributed by atoms with Gasteiger partial charge in [-0.25, -0.2) is 9.97 Å². The summed E-state index contributed by atoms with van der Waals surface area (Å²) in [4.78, 5) is 31.1. The first-order valence-electron chi connectivity index (χ1n) is 9.35. The molecular weight excluding hydrogens is 411 g/mol. The van der Waals surface area contributed by atoms with Crippen LogP contribution >= 0.6 is 0 Å². The molecule has 0 atom stereocenters. The van der Waals surface area contributed by atoms with Crippen molar-refractivity contribution in [3.8, 4) is 17.4 Å². The van der Waals surface area contributed by atoms with Gasteiger partial charge in [0.2, 0.25) is 5.88 Å². The molecule has 0 bridgehead atoms. The Balaban J connectivity index is 1.51. The van der Waals surface area contributed by atoms with Crippen molar-refractivity contribution >= 4 is 10.9 Å². The number of aromatic amines is 1. The first kappa shape index (κ1) is 20.5. The summed E-state index contributed by atoms with van der Waals surface area (Å²) in [6.45, 7) is 0.401. The standard InChI is InChI=1S/C21H16F3N5O2/c22-21(23,24)14-5-8-26-16(10-14)19-28-17-12-27-18(11-15(17)20(30)29-19)31-9-1-2-13-3-6-25-7-4-13/h3-8,10-12H,1-2,9H2,(H,28,29,30). The van der Waals surface area contributed by atoms with Crippen LogP contribution in [0.25, 0.3) is 22.4 Å². The predicted octanol–water partition coefficient (Wildman–Crippen LogP) is 3.81. The van der Waals surface area contributed by atoms with Crippen LogP contribution in [-0.2, 0) is 12.6 Å². The predicted molar refractivity (Wildman–Crippen MR) is 106 cm³/mol. The van der Waals surface area contributed by atoms with Crippen LogP contribution in [0.2, 0.25) is 0 Å². The van der Waals surface area contributed by atoms with E-state index in [1.807, 2.05) is 12.1 Å². The molecule has 31 heavy (non-hydrogen) atoms. The highest BCUT2D eigenvalue weighted by Crippen LogP contribution is 2.30. The van der Waals surface area contributed by atoms with Crippen LogP contribution in [-0.4, -0.2) is 31.5 Å². The molecule has 0 aliphatic rings. The molecule has 0 aromatic carbocycles. The van der Waals surface area contributed by atoms with E-state index in [2.05, 4.69) is 24.9 Å². The van der Waals surface area contributed by atoms with Gasteiger partial charge in [-0.15, -0.1) is 0 Å². The monoisotopic (exact) mass is 427 g/mol. The minimum absolute atomic E-state index is 0.0728. The number of hydrogen-bond acceptors (Lipinski definition) is 6. The Morgan fingerprint density at radius 2 is 1.84 bits per heavy atom. The zero-order chi connectivity index (χ0) is 21.8. The normalized spacial score (nSPS) is 11.6. The van der Waals surface area contributed by atoms with E-state index in [9.17, 15) is 18.0 Å². The quantitative estimate of drug-likeness (QED) is 0.471. The van der Waals surface area contributed by atoms with Crippen LogP contribution in [0, 0.1) is 0 Å². The number of rotatable bonds is 6. The van der Waals surface area contributed by atoms with Crippen LogP contribution in [0.1, 0.15) is 17.5 Å². The number of H-pyrrole nitrogens is 1. The number of fused-ring (bicyclic) bond motifs is 1. The highest BCUT2D eigenvalue weighted by Gasteiger charge is 2.31. The van der Waals surface area contributed by atoms with Crippen molar-refractivity contribution in [3.05, 3.63) is 76.6 Å². The third kappa shape index (κ3) is 4.85. The van der Waals surface area contributed by atoms with Crippen molar-refractivity contribution in [2.75, 3.05) is 6.61 Å². The molecule has 0 spiro atoms. The number of pyridine rings is 3. The maximum Gasteiger partial charge on any atom is 0.416 e. The molecule has 4 aromatic heterocycles. The smallest absolute Gasteiger partial charge is 0.416 e. The van der Waals surface area contributed by atoms with Gasteiger partial charge in [-0.05, 0) is 42.7 Å². The molecule has 0 aliphatic carbocycles. The second kappa shape index (κ2) is 8.50. The van der Waals surface area contributed by atoms with Gasteiger partial charge in [0.15, 0.2) is 5.82 Å². The summed E-state index contributed by atoms with van der Waals surface area (Å²) in [6, 6.07) is 6.99. The molecule has 4 heterocycles. The molecule has 10 heteroatoms. The first-order chi connectivity index (χ1) is 14.9. The summed E-state index contributed by atoms with van der Waals surface area (Å²) in [7, 11) is 0. The lowest BCUT2D eigenvalue weighted by Gasteiger charge is -2.09. The van der Waals surface area contributed by atoms with E-state index in [0.29, 0.717) is 6.61 Å². The zero-order valence-electron chi connectivity index (χ0n) is 16.1. The van der Waals surface area contributed by atoms with E-state index in [0.717, 1.165) is 36.7 Å². The van der Waals surface area contributed by atoms with Crippen molar-refractivity contribution in [3.63, 3.8) is 0 Å². The summed E-state index contributed by atoms with van der Waals surface area (Å²) in [5.74, 6) is 0.191. The van der Waals surface area contributed by atoms with Crippen LogP contribution in [0.3, 0.4) is 0 Å². The third-order valence-corrected chi connectivity index (χ3v) is 4.51. The number of ether oxygens (including phenoxy) is 1. The average molecular weight is 427 g/mol. The number of hydrogen-bond donors (Lipinski definition) is 1. The maximum atomic E-state index is 12.9. The number of alkyl halides is 3. The maximum absolute atomic E-state index is 12.9. The van der Waals surface area contributed by atoms with Crippen molar-refractivity contribution in [2.45, 2.75) is 19.0 Å². The number of aryl methyl sites for hydroxylation is 1. The average Bonchev–Trinajstić information content (AvgIpc) is 2.77. The minimum Gasteiger partial charge on any atom is -0.478 e. The Kier molecular flexibility index (Phi) is 5.61. The lowest BCUT2D eigenvalue weighted by Crippen LogP contribution is -2.12. The minimum atomic E-state index is -4.53. The molecule has 0 fully saturated rings. The van der Waals surface area contributed by atoms with Crippen molar-refractivity contribution < 1.29 is 17.9 Å². The van der Waals surface area contributed by atoms with Gasteiger partial charge < -0.3 is 9.72 Å². The summed E-state index contributed by atoms with van der Waals surface area (Å²) in [5, 5.41) is 0.217. The fourth-order valence-corrected chi connectivity index (χ4v) is 2.96. The molecule has 7 nitrogen and oxygen atoms in total. The molecule has 0 aliphatic heterocycles. The largest absolute Gasteiger partial charge is 0.478 e.